The molecule has 0 amide bonds. The Bertz CT molecular complexity index is 287. The van der Waals surface area contributed by atoms with Crippen LogP contribution in [0.1, 0.15) is 20.3 Å². The third-order valence-electron chi connectivity index (χ3n) is 2.72. The van der Waals surface area contributed by atoms with E-state index in [9.17, 15) is 4.79 Å². The van der Waals surface area contributed by atoms with Gasteiger partial charge in [0.2, 0.25) is 0 Å². The van der Waals surface area contributed by atoms with Crippen molar-refractivity contribution in [3.8, 4) is 0 Å². The first kappa shape index (κ1) is 8.64. The summed E-state index contributed by atoms with van der Waals surface area (Å²) in [6.07, 6.45) is -0.803. The Kier molecular flexibility index (Phi) is 1.53. The minimum absolute atomic E-state index is 0.186. The number of hydrogen-bond acceptors (Lipinski definition) is 5. The second-order valence-corrected chi connectivity index (χ2v) is 4.30. The van der Waals surface area contributed by atoms with Crippen molar-refractivity contribution in [3.63, 3.8) is 0 Å². The highest BCUT2D eigenvalue weighted by Gasteiger charge is 2.59. The fourth-order valence-electron chi connectivity index (χ4n) is 2.22. The first-order valence-corrected chi connectivity index (χ1v) is 4.76. The molecular formula is C9H12O5. The molecule has 0 radical (unpaired) electrons. The van der Waals surface area contributed by atoms with E-state index in [2.05, 4.69) is 0 Å². The molecule has 3 aliphatic rings. The molecule has 3 fully saturated rings. The zero-order valence-electron chi connectivity index (χ0n) is 8.06. The van der Waals surface area contributed by atoms with Crippen molar-refractivity contribution in [2.45, 2.75) is 50.7 Å². The Morgan fingerprint density at radius 1 is 1.29 bits per heavy atom. The van der Waals surface area contributed by atoms with Crippen LogP contribution in [-0.4, -0.2) is 36.4 Å². The Hall–Kier alpha value is -0.650. The number of hydrogen-bond donors (Lipinski definition) is 0. The van der Waals surface area contributed by atoms with E-state index in [1.807, 2.05) is 13.8 Å². The highest BCUT2D eigenvalue weighted by molar-refractivity contribution is 5.73. The van der Waals surface area contributed by atoms with Crippen LogP contribution >= 0.6 is 0 Å². The van der Waals surface area contributed by atoms with E-state index in [-0.39, 0.29) is 30.6 Å². The Labute approximate surface area is 81.3 Å². The number of carbonyl (C=O) groups is 1. The number of carbonyl (C=O) groups excluding carboxylic acids is 1. The summed E-state index contributed by atoms with van der Waals surface area (Å²) in [7, 11) is 0. The van der Waals surface area contributed by atoms with Gasteiger partial charge in [-0.3, -0.25) is 4.79 Å². The molecule has 5 heteroatoms. The first-order valence-electron chi connectivity index (χ1n) is 4.76. The molecule has 0 bridgehead atoms. The van der Waals surface area contributed by atoms with Crippen molar-refractivity contribution >= 4 is 5.97 Å². The topological polar surface area (TPSA) is 54.0 Å². The van der Waals surface area contributed by atoms with Crippen LogP contribution in [0.4, 0.5) is 0 Å². The van der Waals surface area contributed by atoms with Gasteiger partial charge in [0.25, 0.3) is 0 Å². The number of esters is 1. The lowest BCUT2D eigenvalue weighted by atomic mass is 10.1. The van der Waals surface area contributed by atoms with Crippen LogP contribution in [0, 0.1) is 0 Å². The maximum atomic E-state index is 11.0. The Morgan fingerprint density at radius 2 is 2.07 bits per heavy atom. The van der Waals surface area contributed by atoms with Crippen LogP contribution in [0.3, 0.4) is 0 Å². The quantitative estimate of drug-likeness (QED) is 0.522. The minimum Gasteiger partial charge on any atom is -0.456 e. The predicted molar refractivity (Wildman–Crippen MR) is 43.2 cm³/mol. The van der Waals surface area contributed by atoms with E-state index in [1.165, 1.54) is 0 Å². The van der Waals surface area contributed by atoms with Gasteiger partial charge in [-0.25, -0.2) is 0 Å². The summed E-state index contributed by atoms with van der Waals surface area (Å²) in [6, 6.07) is 0. The fourth-order valence-corrected chi connectivity index (χ4v) is 2.22. The van der Waals surface area contributed by atoms with Gasteiger partial charge in [-0.2, -0.15) is 0 Å². The van der Waals surface area contributed by atoms with Crippen LogP contribution in [-0.2, 0) is 23.7 Å². The Balaban J connectivity index is 1.81. The summed E-state index contributed by atoms with van der Waals surface area (Å²) in [5, 5.41) is 0. The lowest BCUT2D eigenvalue weighted by molar-refractivity contribution is -0.209. The zero-order chi connectivity index (χ0) is 9.92. The lowest BCUT2D eigenvalue weighted by Crippen LogP contribution is -2.32. The van der Waals surface area contributed by atoms with Crippen molar-refractivity contribution in [3.05, 3.63) is 0 Å². The first-order chi connectivity index (χ1) is 6.55. The van der Waals surface area contributed by atoms with Crippen LogP contribution in [0.2, 0.25) is 0 Å². The third kappa shape index (κ3) is 1.09. The molecule has 5 nitrogen and oxygen atoms in total. The highest BCUT2D eigenvalue weighted by atomic mass is 16.8. The average Bonchev–Trinajstić information content (AvgIpc) is 2.58. The molecule has 0 aromatic rings. The standard InChI is InChI=1S/C9H12O5/c1-9(2)13-7-6-4(3-5(10)12-6)11-8(7)14-9/h4,6-8H,3H2,1-2H3/t4-,6+,7-,8?/m1/s1. The molecule has 3 aliphatic heterocycles. The van der Waals surface area contributed by atoms with Gasteiger partial charge in [-0.1, -0.05) is 0 Å². The summed E-state index contributed by atoms with van der Waals surface area (Å²) >= 11 is 0. The molecule has 3 saturated heterocycles. The monoisotopic (exact) mass is 200 g/mol. The molecule has 1 unspecified atom stereocenters. The predicted octanol–water partition coefficient (Wildman–Crippen LogP) is 0.178. The van der Waals surface area contributed by atoms with Gasteiger partial charge in [-0.15, -0.1) is 0 Å². The highest BCUT2D eigenvalue weighted by Crippen LogP contribution is 2.41. The maximum absolute atomic E-state index is 11.0. The molecule has 0 N–H and O–H groups in total. The average molecular weight is 200 g/mol. The van der Waals surface area contributed by atoms with Crippen molar-refractivity contribution in [1.29, 1.82) is 0 Å². The second-order valence-electron chi connectivity index (χ2n) is 4.30. The summed E-state index contributed by atoms with van der Waals surface area (Å²) in [6.45, 7) is 3.64. The zero-order valence-corrected chi connectivity index (χ0v) is 8.06. The van der Waals surface area contributed by atoms with Gasteiger partial charge >= 0.3 is 5.97 Å². The summed E-state index contributed by atoms with van der Waals surface area (Å²) in [4.78, 5) is 11.0. The fraction of sp³-hybridized carbons (Fsp3) is 0.889. The van der Waals surface area contributed by atoms with E-state index in [0.717, 1.165) is 0 Å². The van der Waals surface area contributed by atoms with Crippen LogP contribution in [0.15, 0.2) is 0 Å². The molecule has 0 saturated carbocycles. The van der Waals surface area contributed by atoms with Gasteiger partial charge in [0, 0.05) is 0 Å². The molecule has 0 aliphatic carbocycles. The maximum Gasteiger partial charge on any atom is 0.309 e. The smallest absolute Gasteiger partial charge is 0.309 e. The van der Waals surface area contributed by atoms with E-state index in [1.54, 1.807) is 0 Å². The lowest BCUT2D eigenvalue weighted by Gasteiger charge is -2.20. The molecule has 0 aromatic heterocycles. The molecular weight excluding hydrogens is 188 g/mol. The van der Waals surface area contributed by atoms with Crippen molar-refractivity contribution < 1.29 is 23.7 Å². The van der Waals surface area contributed by atoms with Gasteiger partial charge in [0.15, 0.2) is 24.3 Å². The molecule has 78 valence electrons. The molecule has 0 spiro atoms. The van der Waals surface area contributed by atoms with Crippen molar-refractivity contribution in [2.75, 3.05) is 0 Å². The summed E-state index contributed by atoms with van der Waals surface area (Å²) in [5.41, 5.74) is 0. The molecule has 14 heavy (non-hydrogen) atoms. The van der Waals surface area contributed by atoms with Gasteiger partial charge in [0.05, 0.1) is 6.42 Å². The van der Waals surface area contributed by atoms with Gasteiger partial charge < -0.3 is 18.9 Å². The Morgan fingerprint density at radius 3 is 2.86 bits per heavy atom. The van der Waals surface area contributed by atoms with E-state index >= 15 is 0 Å². The van der Waals surface area contributed by atoms with E-state index in [0.29, 0.717) is 6.42 Å². The molecule has 4 atom stereocenters. The largest absolute Gasteiger partial charge is 0.456 e. The second kappa shape index (κ2) is 2.48. The van der Waals surface area contributed by atoms with Crippen molar-refractivity contribution in [2.24, 2.45) is 0 Å². The summed E-state index contributed by atoms with van der Waals surface area (Å²) < 4.78 is 21.8. The number of ether oxygens (including phenoxy) is 4. The normalized spacial score (nSPS) is 48.9. The van der Waals surface area contributed by atoms with E-state index < -0.39 is 5.79 Å². The summed E-state index contributed by atoms with van der Waals surface area (Å²) in [5.74, 6) is -0.860. The van der Waals surface area contributed by atoms with E-state index in [4.69, 9.17) is 18.9 Å². The molecule has 3 heterocycles. The van der Waals surface area contributed by atoms with Gasteiger partial charge in [0.1, 0.15) is 6.10 Å². The van der Waals surface area contributed by atoms with Crippen LogP contribution in [0.25, 0.3) is 0 Å². The van der Waals surface area contributed by atoms with Crippen molar-refractivity contribution in [1.82, 2.24) is 0 Å². The van der Waals surface area contributed by atoms with Crippen LogP contribution in [0.5, 0.6) is 0 Å². The van der Waals surface area contributed by atoms with Gasteiger partial charge in [-0.05, 0) is 13.8 Å². The minimum atomic E-state index is -0.644. The molecule has 0 aromatic carbocycles. The van der Waals surface area contributed by atoms with Crippen LogP contribution < -0.4 is 0 Å². The number of rotatable bonds is 0. The third-order valence-corrected chi connectivity index (χ3v) is 2.72. The SMILES string of the molecule is CC1(C)OC2O[C@@H]3CC(=O)O[C@@H]3[C@H]2O1. The molecule has 3 rings (SSSR count). The number of fused-ring (bicyclic) bond motifs is 3.